The van der Waals surface area contributed by atoms with Gasteiger partial charge in [0.2, 0.25) is 0 Å². The summed E-state index contributed by atoms with van der Waals surface area (Å²) in [5.74, 6) is -0.909. The third-order valence-electron chi connectivity index (χ3n) is 3.74. The van der Waals surface area contributed by atoms with E-state index in [0.29, 0.717) is 16.2 Å². The van der Waals surface area contributed by atoms with Crippen LogP contribution in [0.25, 0.3) is 5.69 Å². The van der Waals surface area contributed by atoms with Crippen molar-refractivity contribution in [2.24, 2.45) is 0 Å². The second-order valence-corrected chi connectivity index (χ2v) is 5.67. The predicted octanol–water partition coefficient (Wildman–Crippen LogP) is 4.18. The highest BCUT2D eigenvalue weighted by Gasteiger charge is 2.41. The summed E-state index contributed by atoms with van der Waals surface area (Å²) in [7, 11) is 0. The number of aromatic amines is 1. The van der Waals surface area contributed by atoms with E-state index in [1.807, 2.05) is 5.10 Å². The molecule has 1 N–H and O–H groups in total. The van der Waals surface area contributed by atoms with Crippen LogP contribution in [-0.2, 0) is 19.0 Å². The number of benzene rings is 2. The average Bonchev–Trinajstić information content (AvgIpc) is 3.04. The van der Waals surface area contributed by atoms with Crippen molar-refractivity contribution < 1.29 is 31.1 Å². The molecule has 0 saturated heterocycles. The van der Waals surface area contributed by atoms with Crippen LogP contribution in [0.4, 0.5) is 26.3 Å². The molecule has 11 heteroatoms. The summed E-state index contributed by atoms with van der Waals surface area (Å²) in [4.78, 5) is 11.8. The number of nitrogens with one attached hydrogen (secondary N) is 1. The van der Waals surface area contributed by atoms with Gasteiger partial charge in [-0.05, 0) is 17.7 Å². The molecule has 0 aliphatic rings. The maximum absolute atomic E-state index is 13.5. The van der Waals surface area contributed by atoms with Crippen LogP contribution in [0.5, 0.6) is 5.75 Å². The molecule has 1 heterocycles. The van der Waals surface area contributed by atoms with Crippen LogP contribution in [0.15, 0.2) is 53.6 Å². The third-order valence-corrected chi connectivity index (χ3v) is 3.74. The first-order valence-electron chi connectivity index (χ1n) is 7.69. The average molecular weight is 403 g/mol. The molecular weight excluding hydrogens is 392 g/mol. The molecule has 0 fully saturated rings. The molecule has 0 aliphatic carbocycles. The van der Waals surface area contributed by atoms with Gasteiger partial charge >= 0.3 is 18.0 Å². The van der Waals surface area contributed by atoms with Crippen LogP contribution in [0.2, 0.25) is 0 Å². The van der Waals surface area contributed by atoms with Crippen LogP contribution in [-0.4, -0.2) is 14.8 Å². The molecular formula is C17H11F6N3O2. The van der Waals surface area contributed by atoms with Crippen LogP contribution in [0.3, 0.4) is 0 Å². The number of nitrogens with zero attached hydrogens (tertiary/aromatic N) is 2. The van der Waals surface area contributed by atoms with Gasteiger partial charge in [-0.15, -0.1) is 0 Å². The first-order valence-corrected chi connectivity index (χ1v) is 7.69. The normalized spacial score (nSPS) is 12.2. The Hall–Kier alpha value is -3.24. The minimum absolute atomic E-state index is 0.0467. The molecule has 3 rings (SSSR count). The quantitative estimate of drug-likeness (QED) is 0.665. The lowest BCUT2D eigenvalue weighted by atomic mass is 10.1. The van der Waals surface area contributed by atoms with Gasteiger partial charge < -0.3 is 4.74 Å². The number of hydrogen-bond acceptors (Lipinski definition) is 3. The standard InChI is InChI=1S/C17H11F6N3O2/c18-16(19,20)11-6-12(17(21,22)23)14(28-8-10-4-2-1-3-5-10)13(7-11)26-9-24-25-15(26)27/h1-7,9H,8H2,(H,25,27). The van der Waals surface area contributed by atoms with E-state index < -0.39 is 40.6 Å². The van der Waals surface area contributed by atoms with E-state index in [0.717, 1.165) is 6.33 Å². The smallest absolute Gasteiger partial charge is 0.420 e. The zero-order valence-electron chi connectivity index (χ0n) is 13.8. The topological polar surface area (TPSA) is 59.9 Å². The highest BCUT2D eigenvalue weighted by Crippen LogP contribution is 2.43. The fourth-order valence-electron chi connectivity index (χ4n) is 2.47. The summed E-state index contributed by atoms with van der Waals surface area (Å²) in [5, 5.41) is 5.27. The Morgan fingerprint density at radius 1 is 1.00 bits per heavy atom. The minimum Gasteiger partial charge on any atom is -0.486 e. The molecule has 0 saturated carbocycles. The number of halogens is 6. The number of rotatable bonds is 4. The van der Waals surface area contributed by atoms with E-state index in [-0.39, 0.29) is 12.7 Å². The van der Waals surface area contributed by atoms with Gasteiger partial charge in [0.15, 0.2) is 5.75 Å². The Morgan fingerprint density at radius 2 is 1.68 bits per heavy atom. The van der Waals surface area contributed by atoms with Crippen LogP contribution in [0, 0.1) is 0 Å². The Kier molecular flexibility index (Phi) is 4.92. The molecule has 28 heavy (non-hydrogen) atoms. The monoisotopic (exact) mass is 403 g/mol. The molecule has 2 aromatic carbocycles. The van der Waals surface area contributed by atoms with Crippen molar-refractivity contribution in [1.82, 2.24) is 14.8 Å². The van der Waals surface area contributed by atoms with Crippen molar-refractivity contribution in [1.29, 1.82) is 0 Å². The van der Waals surface area contributed by atoms with Gasteiger partial charge in [0, 0.05) is 0 Å². The number of hydrogen-bond donors (Lipinski definition) is 1. The number of H-pyrrole nitrogens is 1. The molecule has 0 spiro atoms. The lowest BCUT2D eigenvalue weighted by Crippen LogP contribution is -2.20. The Balaban J connectivity index is 2.21. The largest absolute Gasteiger partial charge is 0.486 e. The summed E-state index contributed by atoms with van der Waals surface area (Å²) in [6.45, 7) is -0.352. The predicted molar refractivity (Wildman–Crippen MR) is 85.0 cm³/mol. The summed E-state index contributed by atoms with van der Waals surface area (Å²) < 4.78 is 85.7. The number of ether oxygens (including phenoxy) is 1. The van der Waals surface area contributed by atoms with E-state index in [1.165, 1.54) is 0 Å². The van der Waals surface area contributed by atoms with E-state index in [4.69, 9.17) is 4.74 Å². The second-order valence-electron chi connectivity index (χ2n) is 5.67. The second kappa shape index (κ2) is 7.06. The lowest BCUT2D eigenvalue weighted by Gasteiger charge is -2.20. The van der Waals surface area contributed by atoms with Crippen molar-refractivity contribution in [3.63, 3.8) is 0 Å². The third kappa shape index (κ3) is 4.02. The van der Waals surface area contributed by atoms with Gasteiger partial charge in [-0.2, -0.15) is 31.4 Å². The molecule has 5 nitrogen and oxygen atoms in total. The Labute approximate surface area is 153 Å². The summed E-state index contributed by atoms with van der Waals surface area (Å²) in [5.41, 5.74) is -4.48. The molecule has 0 amide bonds. The zero-order chi connectivity index (χ0) is 20.5. The maximum atomic E-state index is 13.5. The first kappa shape index (κ1) is 19.5. The maximum Gasteiger partial charge on any atom is 0.420 e. The first-order chi connectivity index (χ1) is 13.1. The SMILES string of the molecule is O=c1[nH]ncn1-c1cc(C(F)(F)F)cc(C(F)(F)F)c1OCc1ccccc1. The van der Waals surface area contributed by atoms with Crippen LogP contribution in [0.1, 0.15) is 16.7 Å². The van der Waals surface area contributed by atoms with Crippen molar-refractivity contribution in [2.75, 3.05) is 0 Å². The van der Waals surface area contributed by atoms with Gasteiger partial charge in [-0.1, -0.05) is 30.3 Å². The molecule has 0 unspecified atom stereocenters. The minimum atomic E-state index is -5.16. The summed E-state index contributed by atoms with van der Waals surface area (Å²) in [6, 6.07) is 8.43. The molecule has 0 atom stereocenters. The molecule has 0 radical (unpaired) electrons. The highest BCUT2D eigenvalue weighted by molar-refractivity contribution is 5.56. The zero-order valence-corrected chi connectivity index (χ0v) is 13.8. The van der Waals surface area contributed by atoms with Gasteiger partial charge in [0.05, 0.1) is 11.3 Å². The van der Waals surface area contributed by atoms with Gasteiger partial charge in [0.1, 0.15) is 18.5 Å². The van der Waals surface area contributed by atoms with Crippen LogP contribution < -0.4 is 10.4 Å². The summed E-state index contributed by atoms with van der Waals surface area (Å²) >= 11 is 0. The van der Waals surface area contributed by atoms with Crippen LogP contribution >= 0.6 is 0 Å². The molecule has 3 aromatic rings. The fourth-order valence-corrected chi connectivity index (χ4v) is 2.47. The van der Waals surface area contributed by atoms with Gasteiger partial charge in [-0.3, -0.25) is 0 Å². The lowest BCUT2D eigenvalue weighted by molar-refractivity contribution is -0.144. The molecule has 148 valence electrons. The van der Waals surface area contributed by atoms with Crippen molar-refractivity contribution in [3.05, 3.63) is 76.0 Å². The van der Waals surface area contributed by atoms with Crippen molar-refractivity contribution in [2.45, 2.75) is 19.0 Å². The van der Waals surface area contributed by atoms with E-state index in [2.05, 4.69) is 5.10 Å². The fraction of sp³-hybridized carbons (Fsp3) is 0.176. The highest BCUT2D eigenvalue weighted by atomic mass is 19.4. The Morgan fingerprint density at radius 3 is 2.21 bits per heavy atom. The van der Waals surface area contributed by atoms with Crippen molar-refractivity contribution >= 4 is 0 Å². The summed E-state index contributed by atoms with van der Waals surface area (Å²) in [6.07, 6.45) is -9.46. The number of alkyl halides is 6. The Bertz CT molecular complexity index is 1020. The number of aromatic nitrogens is 3. The molecule has 0 bridgehead atoms. The molecule has 0 aliphatic heterocycles. The van der Waals surface area contributed by atoms with Gasteiger partial charge in [-0.25, -0.2) is 14.5 Å². The van der Waals surface area contributed by atoms with Crippen molar-refractivity contribution in [3.8, 4) is 11.4 Å². The van der Waals surface area contributed by atoms with Gasteiger partial charge in [0.25, 0.3) is 0 Å². The molecule has 1 aromatic heterocycles. The van der Waals surface area contributed by atoms with E-state index in [1.54, 1.807) is 30.3 Å². The van der Waals surface area contributed by atoms with E-state index >= 15 is 0 Å². The van der Waals surface area contributed by atoms with E-state index in [9.17, 15) is 31.1 Å².